The van der Waals surface area contributed by atoms with E-state index in [-0.39, 0.29) is 0 Å². The molecule has 0 saturated carbocycles. The SMILES string of the molecule is CC(O)c1ccc(N2CCC(N3CCOCC3)C2)c(Cl)c1. The van der Waals surface area contributed by atoms with Gasteiger partial charge in [0, 0.05) is 32.2 Å². The Kier molecular flexibility index (Phi) is 4.69. The van der Waals surface area contributed by atoms with Gasteiger partial charge in [0.1, 0.15) is 0 Å². The van der Waals surface area contributed by atoms with Gasteiger partial charge in [-0.25, -0.2) is 0 Å². The second-order valence-electron chi connectivity index (χ2n) is 5.92. The molecule has 4 nitrogen and oxygen atoms in total. The number of nitrogens with zero attached hydrogens (tertiary/aromatic N) is 2. The van der Waals surface area contributed by atoms with Crippen molar-refractivity contribution in [1.82, 2.24) is 4.90 Å². The first kappa shape index (κ1) is 15.1. The molecule has 2 saturated heterocycles. The second kappa shape index (κ2) is 6.53. The Balaban J connectivity index is 1.68. The summed E-state index contributed by atoms with van der Waals surface area (Å²) in [6.45, 7) is 7.58. The van der Waals surface area contributed by atoms with Crippen LogP contribution < -0.4 is 4.90 Å². The van der Waals surface area contributed by atoms with Gasteiger partial charge in [0.05, 0.1) is 30.0 Å². The van der Waals surface area contributed by atoms with E-state index in [2.05, 4.69) is 9.80 Å². The fourth-order valence-corrected chi connectivity index (χ4v) is 3.55. The van der Waals surface area contributed by atoms with Gasteiger partial charge in [0.15, 0.2) is 0 Å². The molecular weight excluding hydrogens is 288 g/mol. The number of halogens is 1. The molecule has 0 amide bonds. The third kappa shape index (κ3) is 3.34. The van der Waals surface area contributed by atoms with Crippen LogP contribution in [-0.2, 0) is 4.74 Å². The Morgan fingerprint density at radius 1 is 1.29 bits per heavy atom. The highest BCUT2D eigenvalue weighted by atomic mass is 35.5. The van der Waals surface area contributed by atoms with Crippen molar-refractivity contribution in [2.45, 2.75) is 25.5 Å². The molecule has 0 aliphatic carbocycles. The van der Waals surface area contributed by atoms with Crippen LogP contribution in [0.5, 0.6) is 0 Å². The topological polar surface area (TPSA) is 35.9 Å². The number of anilines is 1. The number of hydrogen-bond donors (Lipinski definition) is 1. The molecule has 0 bridgehead atoms. The molecule has 2 atom stereocenters. The minimum atomic E-state index is -0.476. The van der Waals surface area contributed by atoms with Crippen molar-refractivity contribution in [2.24, 2.45) is 0 Å². The maximum atomic E-state index is 9.63. The van der Waals surface area contributed by atoms with Gasteiger partial charge >= 0.3 is 0 Å². The highest BCUT2D eigenvalue weighted by molar-refractivity contribution is 6.33. The van der Waals surface area contributed by atoms with Crippen LogP contribution in [0.3, 0.4) is 0 Å². The van der Waals surface area contributed by atoms with Gasteiger partial charge in [-0.2, -0.15) is 0 Å². The third-order valence-electron chi connectivity index (χ3n) is 4.52. The summed E-state index contributed by atoms with van der Waals surface area (Å²) in [5.74, 6) is 0. The van der Waals surface area contributed by atoms with Crippen LogP contribution in [0.2, 0.25) is 5.02 Å². The van der Waals surface area contributed by atoms with E-state index in [0.29, 0.717) is 6.04 Å². The molecule has 21 heavy (non-hydrogen) atoms. The first-order valence-electron chi connectivity index (χ1n) is 7.69. The Labute approximate surface area is 131 Å². The summed E-state index contributed by atoms with van der Waals surface area (Å²) in [5, 5.41) is 10.4. The molecule has 2 aliphatic rings. The van der Waals surface area contributed by atoms with E-state index >= 15 is 0 Å². The van der Waals surface area contributed by atoms with Crippen molar-refractivity contribution in [3.8, 4) is 0 Å². The first-order chi connectivity index (χ1) is 10.1. The molecule has 5 heteroatoms. The van der Waals surface area contributed by atoms with Crippen LogP contribution in [0.25, 0.3) is 0 Å². The lowest BCUT2D eigenvalue weighted by molar-refractivity contribution is 0.0209. The number of rotatable bonds is 3. The maximum absolute atomic E-state index is 9.63. The summed E-state index contributed by atoms with van der Waals surface area (Å²) in [4.78, 5) is 4.88. The lowest BCUT2D eigenvalue weighted by Crippen LogP contribution is -2.44. The molecule has 2 fully saturated rings. The quantitative estimate of drug-likeness (QED) is 0.929. The maximum Gasteiger partial charge on any atom is 0.0762 e. The van der Waals surface area contributed by atoms with Crippen molar-refractivity contribution in [1.29, 1.82) is 0 Å². The van der Waals surface area contributed by atoms with E-state index in [0.717, 1.165) is 55.7 Å². The minimum absolute atomic E-state index is 0.476. The van der Waals surface area contributed by atoms with Gasteiger partial charge in [0.2, 0.25) is 0 Å². The van der Waals surface area contributed by atoms with E-state index in [1.807, 2.05) is 18.2 Å². The Morgan fingerprint density at radius 2 is 2.05 bits per heavy atom. The minimum Gasteiger partial charge on any atom is -0.389 e. The molecule has 0 spiro atoms. The molecule has 116 valence electrons. The third-order valence-corrected chi connectivity index (χ3v) is 4.82. The number of ether oxygens (including phenoxy) is 1. The van der Waals surface area contributed by atoms with Crippen LogP contribution in [0, 0.1) is 0 Å². The van der Waals surface area contributed by atoms with Crippen molar-refractivity contribution < 1.29 is 9.84 Å². The summed E-state index contributed by atoms with van der Waals surface area (Å²) in [6, 6.07) is 6.48. The fourth-order valence-electron chi connectivity index (χ4n) is 3.24. The lowest BCUT2D eigenvalue weighted by atomic mass is 10.1. The number of aliphatic hydroxyl groups is 1. The summed E-state index contributed by atoms with van der Waals surface area (Å²) < 4.78 is 5.43. The van der Waals surface area contributed by atoms with Crippen molar-refractivity contribution in [2.75, 3.05) is 44.3 Å². The summed E-state index contributed by atoms with van der Waals surface area (Å²) >= 11 is 6.40. The zero-order valence-electron chi connectivity index (χ0n) is 12.5. The summed E-state index contributed by atoms with van der Waals surface area (Å²) in [7, 11) is 0. The molecule has 1 N–H and O–H groups in total. The van der Waals surface area contributed by atoms with Gasteiger partial charge in [-0.1, -0.05) is 17.7 Å². The van der Waals surface area contributed by atoms with Crippen molar-refractivity contribution >= 4 is 17.3 Å². The first-order valence-corrected chi connectivity index (χ1v) is 8.07. The summed E-state index contributed by atoms with van der Waals surface area (Å²) in [5.41, 5.74) is 1.95. The summed E-state index contributed by atoms with van der Waals surface area (Å²) in [6.07, 6.45) is 0.699. The number of hydrogen-bond acceptors (Lipinski definition) is 4. The molecule has 0 radical (unpaired) electrons. The van der Waals surface area contributed by atoms with Crippen LogP contribution in [0.1, 0.15) is 25.0 Å². The van der Waals surface area contributed by atoms with E-state index < -0.39 is 6.10 Å². The second-order valence-corrected chi connectivity index (χ2v) is 6.33. The molecule has 2 unspecified atom stereocenters. The van der Waals surface area contributed by atoms with Gasteiger partial charge in [-0.05, 0) is 31.0 Å². The smallest absolute Gasteiger partial charge is 0.0762 e. The highest BCUT2D eigenvalue weighted by Gasteiger charge is 2.29. The predicted octanol–water partition coefficient (Wildman–Crippen LogP) is 2.30. The van der Waals surface area contributed by atoms with Crippen LogP contribution in [0.15, 0.2) is 18.2 Å². The Bertz CT molecular complexity index is 489. The van der Waals surface area contributed by atoms with Crippen molar-refractivity contribution in [3.63, 3.8) is 0 Å². The monoisotopic (exact) mass is 310 g/mol. The lowest BCUT2D eigenvalue weighted by Gasteiger charge is -2.32. The van der Waals surface area contributed by atoms with Gasteiger partial charge < -0.3 is 14.7 Å². The zero-order valence-corrected chi connectivity index (χ0v) is 13.2. The average molecular weight is 311 g/mol. The normalized spacial score (nSPS) is 25.3. The molecule has 3 rings (SSSR count). The Morgan fingerprint density at radius 3 is 2.71 bits per heavy atom. The van der Waals surface area contributed by atoms with E-state index in [1.54, 1.807) is 6.92 Å². The zero-order chi connectivity index (χ0) is 14.8. The van der Waals surface area contributed by atoms with Crippen LogP contribution in [-0.4, -0.2) is 55.4 Å². The van der Waals surface area contributed by atoms with Crippen LogP contribution >= 0.6 is 11.6 Å². The largest absolute Gasteiger partial charge is 0.389 e. The molecule has 2 heterocycles. The van der Waals surface area contributed by atoms with E-state index in [1.165, 1.54) is 6.42 Å². The molecule has 2 aliphatic heterocycles. The molecule has 1 aromatic carbocycles. The number of morpholine rings is 1. The van der Waals surface area contributed by atoms with E-state index in [9.17, 15) is 5.11 Å². The van der Waals surface area contributed by atoms with E-state index in [4.69, 9.17) is 16.3 Å². The molecule has 0 aromatic heterocycles. The standard InChI is InChI=1S/C16H23ClN2O2/c1-12(20)13-2-3-16(15(17)10-13)19-5-4-14(11-19)18-6-8-21-9-7-18/h2-3,10,12,14,20H,4-9,11H2,1H3. The van der Waals surface area contributed by atoms with Gasteiger partial charge in [-0.3, -0.25) is 4.90 Å². The molecule has 1 aromatic rings. The average Bonchev–Trinajstić information content (AvgIpc) is 2.97. The molecular formula is C16H23ClN2O2. The van der Waals surface area contributed by atoms with Gasteiger partial charge in [-0.15, -0.1) is 0 Å². The van der Waals surface area contributed by atoms with Crippen molar-refractivity contribution in [3.05, 3.63) is 28.8 Å². The highest BCUT2D eigenvalue weighted by Crippen LogP contribution is 2.32. The number of aliphatic hydroxyl groups excluding tert-OH is 1. The van der Waals surface area contributed by atoms with Crippen LogP contribution in [0.4, 0.5) is 5.69 Å². The van der Waals surface area contributed by atoms with Gasteiger partial charge in [0.25, 0.3) is 0 Å². The predicted molar refractivity (Wildman–Crippen MR) is 85.1 cm³/mol. The Hall–Kier alpha value is -0.810. The number of benzene rings is 1. The fraction of sp³-hybridized carbons (Fsp3) is 0.625.